The summed E-state index contributed by atoms with van der Waals surface area (Å²) in [4.78, 5) is 8.08. The van der Waals surface area contributed by atoms with Crippen molar-refractivity contribution in [2.75, 3.05) is 29.0 Å². The van der Waals surface area contributed by atoms with E-state index >= 15 is 0 Å². The van der Waals surface area contributed by atoms with E-state index in [2.05, 4.69) is 87.6 Å². The molecule has 0 aliphatic rings. The van der Waals surface area contributed by atoms with Crippen LogP contribution in [-0.4, -0.2) is 29.1 Å². The summed E-state index contributed by atoms with van der Waals surface area (Å²) >= 11 is 3.45. The predicted molar refractivity (Wildman–Crippen MR) is 118 cm³/mol. The third kappa shape index (κ3) is 5.35. The van der Waals surface area contributed by atoms with Crippen molar-refractivity contribution >= 4 is 37.5 Å². The number of allylic oxidation sites excluding steroid dienone is 4. The fourth-order valence-electron chi connectivity index (χ4n) is 2.39. The molecule has 0 aliphatic heterocycles. The molecule has 2 aromatic rings. The van der Waals surface area contributed by atoms with E-state index in [1.54, 1.807) is 6.08 Å². The van der Waals surface area contributed by atoms with Gasteiger partial charge < -0.3 is 0 Å². The molecule has 0 saturated heterocycles. The van der Waals surface area contributed by atoms with Gasteiger partial charge in [-0.3, -0.25) is 4.90 Å². The van der Waals surface area contributed by atoms with Crippen LogP contribution in [0.2, 0.25) is 0 Å². The highest BCUT2D eigenvalue weighted by Crippen LogP contribution is 2.45. The smallest absolute Gasteiger partial charge is 0.137 e. The molecule has 25 heavy (non-hydrogen) atoms. The second-order valence-corrected chi connectivity index (χ2v) is 11.0. The number of hydrogen-bond acceptors (Lipinski definition) is 2. The van der Waals surface area contributed by atoms with E-state index in [1.165, 1.54) is 4.90 Å². The molecule has 0 bridgehead atoms. The minimum Gasteiger partial charge on any atom is -0.295 e. The van der Waals surface area contributed by atoms with Crippen molar-refractivity contribution in [3.8, 4) is 0 Å². The Labute approximate surface area is 161 Å². The van der Waals surface area contributed by atoms with Gasteiger partial charge in [0.05, 0.1) is 0 Å². The lowest BCUT2D eigenvalue weighted by molar-refractivity contribution is 1.13. The summed E-state index contributed by atoms with van der Waals surface area (Å²) in [5.74, 6) is 0.880. The van der Waals surface area contributed by atoms with Crippen molar-refractivity contribution in [2.45, 2.75) is 4.90 Å². The lowest BCUT2D eigenvalue weighted by Gasteiger charge is -2.28. The number of halogens is 1. The molecule has 0 saturated carbocycles. The Morgan fingerprint density at radius 1 is 1.16 bits per heavy atom. The molecule has 0 unspecified atom stereocenters. The summed E-state index contributed by atoms with van der Waals surface area (Å²) < 4.78 is 0. The van der Waals surface area contributed by atoms with Crippen molar-refractivity contribution in [1.29, 1.82) is 0 Å². The van der Waals surface area contributed by atoms with E-state index in [4.69, 9.17) is 0 Å². The van der Waals surface area contributed by atoms with Gasteiger partial charge in [-0.25, -0.2) is 15.0 Å². The maximum atomic E-state index is 4.55. The van der Waals surface area contributed by atoms with Gasteiger partial charge in [0.15, 0.2) is 0 Å². The van der Waals surface area contributed by atoms with E-state index < -0.39 is 10.0 Å². The first-order valence-corrected chi connectivity index (χ1v) is 12.0. The molecule has 1 aromatic carbocycles. The summed E-state index contributed by atoms with van der Waals surface area (Å²) in [6.45, 7) is 3.86. The van der Waals surface area contributed by atoms with Crippen LogP contribution >= 0.6 is 26.0 Å². The van der Waals surface area contributed by atoms with Crippen LogP contribution in [0.5, 0.6) is 0 Å². The zero-order chi connectivity index (χ0) is 18.3. The molecule has 0 amide bonds. The summed E-state index contributed by atoms with van der Waals surface area (Å²) in [7, 11) is -0.740. The third-order valence-electron chi connectivity index (χ3n) is 3.60. The molecule has 0 aliphatic carbocycles. The molecular weight excluding hydrogens is 392 g/mol. The second kappa shape index (κ2) is 9.07. The lowest BCUT2D eigenvalue weighted by atomic mass is 10.2. The molecule has 0 spiro atoms. The molecule has 0 atom stereocenters. The fourth-order valence-corrected chi connectivity index (χ4v) is 3.53. The van der Waals surface area contributed by atoms with Gasteiger partial charge in [-0.15, -0.1) is 0 Å². The van der Waals surface area contributed by atoms with E-state index in [0.717, 1.165) is 22.5 Å². The van der Waals surface area contributed by atoms with Crippen molar-refractivity contribution in [2.24, 2.45) is 0 Å². The SMILES string of the molecule is C=C/C=C(\C=C/CBr)N(c1ccc(S(C)(C)C)cc1)c1ccccn1. The van der Waals surface area contributed by atoms with Gasteiger partial charge in [0.1, 0.15) is 5.82 Å². The van der Waals surface area contributed by atoms with Crippen LogP contribution in [0.15, 0.2) is 90.1 Å². The molecule has 2 nitrogen and oxygen atoms in total. The number of aromatic nitrogens is 1. The topological polar surface area (TPSA) is 16.1 Å². The first kappa shape index (κ1) is 19.5. The van der Waals surface area contributed by atoms with Crippen molar-refractivity contribution in [3.05, 3.63) is 85.2 Å². The summed E-state index contributed by atoms with van der Waals surface area (Å²) in [6.07, 6.45) is 16.7. The molecule has 1 aromatic heterocycles. The Balaban J connectivity index is 2.53. The molecule has 2 rings (SSSR count). The first-order chi connectivity index (χ1) is 12.0. The van der Waals surface area contributed by atoms with Gasteiger partial charge in [0.25, 0.3) is 0 Å². The van der Waals surface area contributed by atoms with Gasteiger partial charge >= 0.3 is 0 Å². The molecule has 1 heterocycles. The Morgan fingerprint density at radius 3 is 2.40 bits per heavy atom. The van der Waals surface area contributed by atoms with E-state index in [0.29, 0.717) is 0 Å². The number of hydrogen-bond donors (Lipinski definition) is 0. The highest BCUT2D eigenvalue weighted by Gasteiger charge is 2.15. The summed E-state index contributed by atoms with van der Waals surface area (Å²) in [5, 5.41) is 0.795. The summed E-state index contributed by atoms with van der Waals surface area (Å²) in [6, 6.07) is 14.7. The van der Waals surface area contributed by atoms with E-state index in [9.17, 15) is 0 Å². The standard InChI is InChI=1S/C21H25BrN2S/c1-5-9-18(10-8-16-22)24(21-11-6-7-17-23-21)19-12-14-20(15-13-19)25(2,3)4/h5-15,17H,1,16H2,2-4H3/b10-8-,18-9+. The second-order valence-electron chi connectivity index (χ2n) is 6.24. The van der Waals surface area contributed by atoms with Gasteiger partial charge in [-0.1, -0.05) is 40.7 Å². The average Bonchev–Trinajstić information content (AvgIpc) is 2.60. The van der Waals surface area contributed by atoms with Crippen LogP contribution in [0, 0.1) is 0 Å². The van der Waals surface area contributed by atoms with E-state index in [-0.39, 0.29) is 0 Å². The first-order valence-electron chi connectivity index (χ1n) is 8.02. The molecule has 4 heteroatoms. The van der Waals surface area contributed by atoms with Crippen molar-refractivity contribution < 1.29 is 0 Å². The number of rotatable bonds is 7. The van der Waals surface area contributed by atoms with Crippen LogP contribution in [0.25, 0.3) is 0 Å². The Bertz CT molecular complexity index is 744. The number of nitrogens with zero attached hydrogens (tertiary/aromatic N) is 2. The van der Waals surface area contributed by atoms with Crippen molar-refractivity contribution in [1.82, 2.24) is 4.98 Å². The number of pyridine rings is 1. The minimum absolute atomic E-state index is 0.740. The zero-order valence-corrected chi connectivity index (χ0v) is 17.4. The van der Waals surface area contributed by atoms with Gasteiger partial charge in [0.2, 0.25) is 0 Å². The minimum atomic E-state index is -0.740. The molecular formula is C21H25BrN2S. The van der Waals surface area contributed by atoms with Gasteiger partial charge in [0, 0.05) is 22.9 Å². The maximum Gasteiger partial charge on any atom is 0.137 e. The highest BCUT2D eigenvalue weighted by molar-refractivity contribution is 9.09. The van der Waals surface area contributed by atoms with E-state index in [1.807, 2.05) is 30.5 Å². The van der Waals surface area contributed by atoms with Crippen LogP contribution in [0.1, 0.15) is 0 Å². The molecule has 0 radical (unpaired) electrons. The fraction of sp³-hybridized carbons (Fsp3) is 0.190. The van der Waals surface area contributed by atoms with Crippen LogP contribution in [0.4, 0.5) is 11.5 Å². The normalized spacial score (nSPS) is 13.0. The highest BCUT2D eigenvalue weighted by atomic mass is 79.9. The van der Waals surface area contributed by atoms with Crippen LogP contribution in [-0.2, 0) is 0 Å². The number of benzene rings is 1. The Kier molecular flexibility index (Phi) is 7.09. The quantitative estimate of drug-likeness (QED) is 0.389. The lowest BCUT2D eigenvalue weighted by Crippen LogP contribution is -2.16. The van der Waals surface area contributed by atoms with Gasteiger partial charge in [-0.05, 0) is 72.2 Å². The number of anilines is 2. The maximum absolute atomic E-state index is 4.55. The molecule has 0 N–H and O–H groups in total. The van der Waals surface area contributed by atoms with Gasteiger partial charge in [-0.2, -0.15) is 0 Å². The zero-order valence-electron chi connectivity index (χ0n) is 15.0. The number of alkyl halides is 1. The van der Waals surface area contributed by atoms with Crippen LogP contribution < -0.4 is 4.90 Å². The van der Waals surface area contributed by atoms with Crippen molar-refractivity contribution in [3.63, 3.8) is 0 Å². The third-order valence-corrected chi connectivity index (χ3v) is 5.67. The Morgan fingerprint density at radius 2 is 1.88 bits per heavy atom. The average molecular weight is 417 g/mol. The molecule has 132 valence electrons. The largest absolute Gasteiger partial charge is 0.295 e. The molecule has 0 fully saturated rings. The summed E-state index contributed by atoms with van der Waals surface area (Å²) in [5.41, 5.74) is 2.10. The predicted octanol–water partition coefficient (Wildman–Crippen LogP) is 6.29. The van der Waals surface area contributed by atoms with Crippen LogP contribution in [0.3, 0.4) is 0 Å². The Hall–Kier alpha value is -1.78. The monoisotopic (exact) mass is 416 g/mol.